The molecule has 1 aliphatic heterocycles. The maximum Gasteiger partial charge on any atom is 0.451 e. The minimum Gasteiger partial charge on any atom is -0.333 e. The smallest absolute Gasteiger partial charge is 0.333 e. The summed E-state index contributed by atoms with van der Waals surface area (Å²) in [4.78, 5) is 13.0. The van der Waals surface area contributed by atoms with Crippen molar-refractivity contribution in [1.82, 2.24) is 19.7 Å². The molecule has 18 heavy (non-hydrogen) atoms. The Balaban J connectivity index is 2.17. The number of halogens is 4. The predicted octanol–water partition coefficient (Wildman–Crippen LogP) is 1.27. The van der Waals surface area contributed by atoms with Crippen LogP contribution in [0.25, 0.3) is 0 Å². The largest absolute Gasteiger partial charge is 0.451 e. The summed E-state index contributed by atoms with van der Waals surface area (Å²) < 4.78 is 38.7. The lowest BCUT2D eigenvalue weighted by atomic mass is 10.3. The molecule has 9 heteroatoms. The van der Waals surface area contributed by atoms with E-state index in [9.17, 15) is 18.0 Å². The van der Waals surface area contributed by atoms with Gasteiger partial charge in [-0.25, -0.2) is 0 Å². The second-order valence-corrected chi connectivity index (χ2v) is 4.22. The molecule has 0 aromatic carbocycles. The van der Waals surface area contributed by atoms with Gasteiger partial charge in [0.05, 0.1) is 6.54 Å². The minimum absolute atomic E-state index is 0.0405. The summed E-state index contributed by atoms with van der Waals surface area (Å²) in [5, 5.41) is 6.61. The van der Waals surface area contributed by atoms with Crippen molar-refractivity contribution in [2.45, 2.75) is 25.7 Å². The molecule has 0 bridgehead atoms. The van der Waals surface area contributed by atoms with Crippen LogP contribution in [0.5, 0.6) is 0 Å². The van der Waals surface area contributed by atoms with E-state index in [1.54, 1.807) is 0 Å². The third kappa shape index (κ3) is 2.43. The molecule has 0 unspecified atom stereocenters. The summed E-state index contributed by atoms with van der Waals surface area (Å²) in [6, 6.07) is 0. The van der Waals surface area contributed by atoms with Gasteiger partial charge in [0.15, 0.2) is 5.82 Å². The Morgan fingerprint density at radius 1 is 1.33 bits per heavy atom. The summed E-state index contributed by atoms with van der Waals surface area (Å²) in [5.74, 6) is -0.859. The van der Waals surface area contributed by atoms with Crippen molar-refractivity contribution in [2.75, 3.05) is 12.4 Å². The van der Waals surface area contributed by atoms with E-state index in [1.807, 2.05) is 0 Å². The number of carbonyl (C=O) groups excluding carboxylic acids is 1. The van der Waals surface area contributed by atoms with E-state index >= 15 is 0 Å². The number of nitrogens with zero attached hydrogens (tertiary/aromatic N) is 4. The van der Waals surface area contributed by atoms with Gasteiger partial charge in [-0.1, -0.05) is 0 Å². The van der Waals surface area contributed by atoms with Crippen molar-refractivity contribution in [3.8, 4) is 0 Å². The van der Waals surface area contributed by atoms with Crippen LogP contribution < -0.4 is 0 Å². The average molecular weight is 283 g/mol. The summed E-state index contributed by atoms with van der Waals surface area (Å²) in [6.07, 6.45) is -4.35. The number of carbonyl (C=O) groups is 1. The number of fused-ring (bicyclic) bond motifs is 1. The minimum atomic E-state index is -4.52. The van der Waals surface area contributed by atoms with Crippen LogP contribution in [0.4, 0.5) is 13.2 Å². The number of alkyl halides is 4. The lowest BCUT2D eigenvalue weighted by Gasteiger charge is -2.27. The van der Waals surface area contributed by atoms with Crippen LogP contribution >= 0.6 is 11.6 Å². The van der Waals surface area contributed by atoms with Gasteiger partial charge in [-0.2, -0.15) is 13.2 Å². The monoisotopic (exact) mass is 282 g/mol. The van der Waals surface area contributed by atoms with E-state index in [0.29, 0.717) is 0 Å². The molecule has 0 radical (unpaired) electrons. The molecule has 0 atom stereocenters. The standard InChI is InChI=1S/C9H10ClF3N4O/c10-2-1-7(18)16-3-4-17-6(5-16)14-15-8(17)9(11,12)13/h1-5H2. The van der Waals surface area contributed by atoms with Crippen LogP contribution in [0.1, 0.15) is 18.1 Å². The second-order valence-electron chi connectivity index (χ2n) is 3.84. The Hall–Kier alpha value is -1.31. The third-order valence-corrected chi connectivity index (χ3v) is 2.86. The second kappa shape index (κ2) is 4.75. The van der Waals surface area contributed by atoms with Crippen LogP contribution in [0, 0.1) is 0 Å². The molecule has 1 aromatic rings. The molecule has 0 saturated heterocycles. The lowest BCUT2D eigenvalue weighted by molar-refractivity contribution is -0.148. The average Bonchev–Trinajstić information content (AvgIpc) is 2.71. The maximum atomic E-state index is 12.6. The summed E-state index contributed by atoms with van der Waals surface area (Å²) >= 11 is 5.45. The van der Waals surface area contributed by atoms with Crippen molar-refractivity contribution in [3.05, 3.63) is 11.6 Å². The molecule has 0 saturated carbocycles. The van der Waals surface area contributed by atoms with Crippen LogP contribution in [0.3, 0.4) is 0 Å². The zero-order chi connectivity index (χ0) is 13.3. The first-order valence-corrected chi connectivity index (χ1v) is 5.80. The van der Waals surface area contributed by atoms with E-state index in [-0.39, 0.29) is 43.7 Å². The van der Waals surface area contributed by atoms with Gasteiger partial charge >= 0.3 is 6.18 Å². The van der Waals surface area contributed by atoms with E-state index in [0.717, 1.165) is 4.57 Å². The molecule has 1 aliphatic rings. The molecule has 1 amide bonds. The summed E-state index contributed by atoms with van der Waals surface area (Å²) in [5.41, 5.74) is 0. The Morgan fingerprint density at radius 3 is 2.67 bits per heavy atom. The first-order chi connectivity index (χ1) is 8.43. The normalized spacial score (nSPS) is 15.7. The van der Waals surface area contributed by atoms with Gasteiger partial charge in [-0.3, -0.25) is 4.79 Å². The Morgan fingerprint density at radius 2 is 2.06 bits per heavy atom. The van der Waals surface area contributed by atoms with Crippen LogP contribution in [-0.4, -0.2) is 38.0 Å². The highest BCUT2D eigenvalue weighted by molar-refractivity contribution is 6.18. The molecule has 1 aromatic heterocycles. The molecule has 100 valence electrons. The van der Waals surface area contributed by atoms with E-state index in [2.05, 4.69) is 10.2 Å². The van der Waals surface area contributed by atoms with Crippen molar-refractivity contribution in [1.29, 1.82) is 0 Å². The molecule has 0 fully saturated rings. The van der Waals surface area contributed by atoms with E-state index in [1.165, 1.54) is 4.90 Å². The maximum absolute atomic E-state index is 12.6. The number of hydrogen-bond donors (Lipinski definition) is 0. The van der Waals surface area contributed by atoms with Gasteiger partial charge in [0.1, 0.15) is 0 Å². The SMILES string of the molecule is O=C(CCCl)N1CCn2c(nnc2C(F)(F)F)C1. The molecule has 5 nitrogen and oxygen atoms in total. The van der Waals surface area contributed by atoms with Crippen molar-refractivity contribution in [3.63, 3.8) is 0 Å². The first kappa shape index (κ1) is 13.1. The number of amides is 1. The van der Waals surface area contributed by atoms with Crippen LogP contribution in [-0.2, 0) is 24.1 Å². The zero-order valence-electron chi connectivity index (χ0n) is 9.24. The number of rotatable bonds is 2. The fourth-order valence-electron chi connectivity index (χ4n) is 1.82. The van der Waals surface area contributed by atoms with Gasteiger partial charge in [0.25, 0.3) is 0 Å². The van der Waals surface area contributed by atoms with Crippen LogP contribution in [0.15, 0.2) is 0 Å². The van der Waals surface area contributed by atoms with Gasteiger partial charge < -0.3 is 9.47 Å². The molecule has 0 aliphatic carbocycles. The van der Waals surface area contributed by atoms with Gasteiger partial charge in [0, 0.05) is 25.4 Å². The number of hydrogen-bond acceptors (Lipinski definition) is 3. The molecule has 2 heterocycles. The highest BCUT2D eigenvalue weighted by Gasteiger charge is 2.39. The molecular formula is C9H10ClF3N4O. The molecular weight excluding hydrogens is 273 g/mol. The van der Waals surface area contributed by atoms with Crippen molar-refractivity contribution >= 4 is 17.5 Å². The predicted molar refractivity (Wildman–Crippen MR) is 55.8 cm³/mol. The number of aromatic nitrogens is 3. The van der Waals surface area contributed by atoms with Crippen LogP contribution in [0.2, 0.25) is 0 Å². The van der Waals surface area contributed by atoms with Gasteiger partial charge in [-0.05, 0) is 0 Å². The van der Waals surface area contributed by atoms with E-state index < -0.39 is 12.0 Å². The van der Waals surface area contributed by atoms with E-state index in [4.69, 9.17) is 11.6 Å². The fraction of sp³-hybridized carbons (Fsp3) is 0.667. The highest BCUT2D eigenvalue weighted by atomic mass is 35.5. The Kier molecular flexibility index (Phi) is 3.47. The fourth-order valence-corrected chi connectivity index (χ4v) is 1.98. The topological polar surface area (TPSA) is 51.0 Å². The summed E-state index contributed by atoms with van der Waals surface area (Å²) in [7, 11) is 0. The summed E-state index contributed by atoms with van der Waals surface area (Å²) in [6.45, 7) is 0.299. The zero-order valence-corrected chi connectivity index (χ0v) is 10.0. The quantitative estimate of drug-likeness (QED) is 0.768. The van der Waals surface area contributed by atoms with Gasteiger partial charge in [0.2, 0.25) is 11.7 Å². The molecule has 0 spiro atoms. The van der Waals surface area contributed by atoms with Crippen molar-refractivity contribution < 1.29 is 18.0 Å². The van der Waals surface area contributed by atoms with Gasteiger partial charge in [-0.15, -0.1) is 21.8 Å². The first-order valence-electron chi connectivity index (χ1n) is 5.26. The highest BCUT2D eigenvalue weighted by Crippen LogP contribution is 2.29. The Labute approximate surface area is 106 Å². The molecule has 0 N–H and O–H groups in total. The lowest BCUT2D eigenvalue weighted by Crippen LogP contribution is -2.39. The Bertz CT molecular complexity index is 459. The molecule has 2 rings (SSSR count). The third-order valence-electron chi connectivity index (χ3n) is 2.67. The van der Waals surface area contributed by atoms with Crippen molar-refractivity contribution in [2.24, 2.45) is 0 Å².